The molecule has 1 aromatic heterocycles. The maximum Gasteiger partial charge on any atom is 0.339 e. The number of aromatic nitrogens is 1. The van der Waals surface area contributed by atoms with Crippen LogP contribution in [0, 0.1) is 0 Å². The van der Waals surface area contributed by atoms with E-state index in [0.29, 0.717) is 0 Å². The minimum atomic E-state index is -4.08. The highest BCUT2D eigenvalue weighted by Gasteiger charge is 2.28. The maximum atomic E-state index is 13.1. The first-order valence-corrected chi connectivity index (χ1v) is 10.2. The van der Waals surface area contributed by atoms with E-state index >= 15 is 0 Å². The molecule has 1 heterocycles. The Hall–Kier alpha value is -2.08. The van der Waals surface area contributed by atoms with Crippen molar-refractivity contribution >= 4 is 10.1 Å². The summed E-state index contributed by atoms with van der Waals surface area (Å²) in [5, 5.41) is 0. The van der Waals surface area contributed by atoms with Gasteiger partial charge < -0.3 is 9.17 Å². The summed E-state index contributed by atoms with van der Waals surface area (Å²) in [4.78, 5) is 14.1. The van der Waals surface area contributed by atoms with Crippen LogP contribution >= 0.6 is 0 Å². The third kappa shape index (κ3) is 4.36. The lowest BCUT2D eigenvalue weighted by molar-refractivity contribution is 0.481. The van der Waals surface area contributed by atoms with Gasteiger partial charge in [-0.1, -0.05) is 53.7 Å². The Labute approximate surface area is 155 Å². The largest absolute Gasteiger partial charge is 0.379 e. The zero-order valence-electron chi connectivity index (χ0n) is 16.2. The van der Waals surface area contributed by atoms with Gasteiger partial charge in [0.15, 0.2) is 0 Å². The second-order valence-electron chi connectivity index (χ2n) is 7.42. The number of H-pyrrole nitrogens is 1. The van der Waals surface area contributed by atoms with Crippen molar-refractivity contribution in [2.24, 2.45) is 0 Å². The summed E-state index contributed by atoms with van der Waals surface area (Å²) in [5.74, 6) is 0.318. The fourth-order valence-electron chi connectivity index (χ4n) is 2.82. The van der Waals surface area contributed by atoms with Crippen molar-refractivity contribution in [3.8, 4) is 5.75 Å². The maximum absolute atomic E-state index is 13.1. The van der Waals surface area contributed by atoms with Crippen LogP contribution < -0.4 is 9.74 Å². The predicted octanol–water partition coefficient (Wildman–Crippen LogP) is 4.51. The van der Waals surface area contributed by atoms with Crippen molar-refractivity contribution in [1.82, 2.24) is 4.98 Å². The fraction of sp³-hybridized carbons (Fsp3) is 0.450. The van der Waals surface area contributed by atoms with E-state index in [1.165, 1.54) is 12.3 Å². The van der Waals surface area contributed by atoms with Crippen LogP contribution in [0.25, 0.3) is 0 Å². The summed E-state index contributed by atoms with van der Waals surface area (Å²) in [5.41, 5.74) is 2.17. The van der Waals surface area contributed by atoms with E-state index in [9.17, 15) is 13.2 Å². The number of benzene rings is 1. The molecule has 0 fully saturated rings. The Morgan fingerprint density at radius 1 is 0.885 bits per heavy atom. The summed E-state index contributed by atoms with van der Waals surface area (Å²) >= 11 is 0. The van der Waals surface area contributed by atoms with Gasteiger partial charge in [0.05, 0.1) is 0 Å². The van der Waals surface area contributed by atoms with Crippen molar-refractivity contribution in [1.29, 1.82) is 0 Å². The molecule has 0 atom stereocenters. The molecule has 2 aromatic rings. The topological polar surface area (TPSA) is 76.2 Å². The van der Waals surface area contributed by atoms with Crippen LogP contribution in [0.15, 0.2) is 40.2 Å². The summed E-state index contributed by atoms with van der Waals surface area (Å²) in [6, 6.07) is 6.46. The Kier molecular flexibility index (Phi) is 5.96. The summed E-state index contributed by atoms with van der Waals surface area (Å²) in [6.45, 7) is 12.0. The molecule has 0 aliphatic rings. The van der Waals surface area contributed by atoms with Gasteiger partial charge in [-0.3, -0.25) is 4.79 Å². The molecular formula is C20H27NO4S. The van der Waals surface area contributed by atoms with E-state index in [0.717, 1.165) is 22.8 Å². The van der Waals surface area contributed by atoms with Crippen LogP contribution in [-0.2, 0) is 10.1 Å². The summed E-state index contributed by atoms with van der Waals surface area (Å²) in [6.07, 6.45) is 1.36. The Bertz CT molecular complexity index is 911. The van der Waals surface area contributed by atoms with Gasteiger partial charge in [0.25, 0.3) is 5.56 Å². The number of hydrogen-bond acceptors (Lipinski definition) is 4. The monoisotopic (exact) mass is 377 g/mol. The first kappa shape index (κ1) is 20.2. The minimum Gasteiger partial charge on any atom is -0.379 e. The van der Waals surface area contributed by atoms with Crippen LogP contribution in [0.1, 0.15) is 76.0 Å². The molecule has 0 unspecified atom stereocenters. The zero-order chi connectivity index (χ0) is 19.6. The molecule has 1 N–H and O–H groups in total. The highest BCUT2D eigenvalue weighted by Crippen LogP contribution is 2.36. The number of pyridine rings is 1. The Morgan fingerprint density at radius 2 is 1.42 bits per heavy atom. The molecule has 1 aromatic carbocycles. The molecule has 0 aliphatic carbocycles. The summed E-state index contributed by atoms with van der Waals surface area (Å²) < 4.78 is 31.5. The van der Waals surface area contributed by atoms with Gasteiger partial charge in [0.1, 0.15) is 10.6 Å². The van der Waals surface area contributed by atoms with Crippen LogP contribution in [-0.4, -0.2) is 13.4 Å². The third-order valence-corrected chi connectivity index (χ3v) is 5.67. The van der Waals surface area contributed by atoms with E-state index in [1.54, 1.807) is 0 Å². The lowest BCUT2D eigenvalue weighted by Crippen LogP contribution is -2.18. The van der Waals surface area contributed by atoms with Gasteiger partial charge >= 0.3 is 10.1 Å². The highest BCUT2D eigenvalue weighted by molar-refractivity contribution is 7.87. The van der Waals surface area contributed by atoms with Crippen molar-refractivity contribution < 1.29 is 12.6 Å². The van der Waals surface area contributed by atoms with Crippen molar-refractivity contribution in [3.05, 3.63) is 57.5 Å². The fourth-order valence-corrected chi connectivity index (χ4v) is 4.43. The quantitative estimate of drug-likeness (QED) is 0.751. The molecule has 2 rings (SSSR count). The van der Waals surface area contributed by atoms with E-state index in [1.807, 2.05) is 39.8 Å². The molecule has 5 nitrogen and oxygen atoms in total. The lowest BCUT2D eigenvalue weighted by Gasteiger charge is -2.22. The molecule has 0 radical (unpaired) electrons. The molecule has 142 valence electrons. The van der Waals surface area contributed by atoms with Gasteiger partial charge in [-0.15, -0.1) is 0 Å². The molecule has 0 saturated carbocycles. The Balaban J connectivity index is 2.70. The van der Waals surface area contributed by atoms with E-state index in [-0.39, 0.29) is 28.4 Å². The van der Waals surface area contributed by atoms with Gasteiger partial charge in [0.2, 0.25) is 0 Å². The van der Waals surface area contributed by atoms with Crippen LogP contribution in [0.3, 0.4) is 0 Å². The van der Waals surface area contributed by atoms with Crippen molar-refractivity contribution in [3.63, 3.8) is 0 Å². The highest BCUT2D eigenvalue weighted by atomic mass is 32.2. The molecule has 0 amide bonds. The van der Waals surface area contributed by atoms with Gasteiger partial charge in [-0.2, -0.15) is 8.42 Å². The molecule has 0 bridgehead atoms. The van der Waals surface area contributed by atoms with E-state index < -0.39 is 15.7 Å². The molecule has 6 heteroatoms. The van der Waals surface area contributed by atoms with E-state index in [2.05, 4.69) is 18.8 Å². The van der Waals surface area contributed by atoms with Crippen LogP contribution in [0.2, 0.25) is 0 Å². The smallest absolute Gasteiger partial charge is 0.339 e. The second kappa shape index (κ2) is 7.66. The predicted molar refractivity (Wildman–Crippen MR) is 104 cm³/mol. The molecule has 0 aliphatic heterocycles. The van der Waals surface area contributed by atoms with Crippen LogP contribution in [0.5, 0.6) is 5.75 Å². The normalized spacial score (nSPS) is 12.2. The van der Waals surface area contributed by atoms with Crippen molar-refractivity contribution in [2.75, 3.05) is 0 Å². The zero-order valence-corrected chi connectivity index (χ0v) is 17.0. The van der Waals surface area contributed by atoms with Gasteiger partial charge in [0, 0.05) is 12.3 Å². The Morgan fingerprint density at radius 3 is 1.85 bits per heavy atom. The standard InChI is InChI=1S/C20H27NO4S/c1-12(2)15-9-17(13(3)4)20(18(10-15)14(5)6)26(23,24)25-16-7-8-21-19(22)11-16/h7-14H,1-6H3,(H,21,22). The third-order valence-electron chi connectivity index (χ3n) is 4.28. The summed E-state index contributed by atoms with van der Waals surface area (Å²) in [7, 11) is -4.08. The second-order valence-corrected chi connectivity index (χ2v) is 8.90. The molecule has 0 saturated heterocycles. The lowest BCUT2D eigenvalue weighted by atomic mass is 9.89. The van der Waals surface area contributed by atoms with E-state index in [4.69, 9.17) is 4.18 Å². The van der Waals surface area contributed by atoms with Gasteiger partial charge in [-0.05, 0) is 40.5 Å². The first-order chi connectivity index (χ1) is 12.0. The number of nitrogens with one attached hydrogen (secondary N) is 1. The number of aromatic amines is 1. The average Bonchev–Trinajstić information content (AvgIpc) is 2.52. The molecular weight excluding hydrogens is 350 g/mol. The van der Waals surface area contributed by atoms with Crippen molar-refractivity contribution in [2.45, 2.75) is 64.2 Å². The molecule has 26 heavy (non-hydrogen) atoms. The minimum absolute atomic E-state index is 0.00565. The number of rotatable bonds is 6. The molecule has 0 spiro atoms. The SMILES string of the molecule is CC(C)c1cc(C(C)C)c(S(=O)(=O)Oc2cc[nH]c(=O)c2)c(C(C)C)c1. The van der Waals surface area contributed by atoms with Gasteiger partial charge in [-0.25, -0.2) is 0 Å². The average molecular weight is 378 g/mol. The number of hydrogen-bond donors (Lipinski definition) is 1. The first-order valence-electron chi connectivity index (χ1n) is 8.84. The van der Waals surface area contributed by atoms with Crippen LogP contribution in [0.4, 0.5) is 0 Å².